The summed E-state index contributed by atoms with van der Waals surface area (Å²) in [6, 6.07) is 1.10. The van der Waals surface area contributed by atoms with Gasteiger partial charge in [-0.1, -0.05) is 0 Å². The molecule has 15 heavy (non-hydrogen) atoms. The van der Waals surface area contributed by atoms with Gasteiger partial charge < -0.3 is 9.64 Å². The fourth-order valence-corrected chi connectivity index (χ4v) is 2.26. The van der Waals surface area contributed by atoms with Gasteiger partial charge in [-0.25, -0.2) is 0 Å². The maximum atomic E-state index is 5.29. The first kappa shape index (κ1) is 12.2. The monoisotopic (exact) mass is 209 g/mol. The molecule has 2 heteroatoms. The van der Waals surface area contributed by atoms with E-state index in [0.29, 0.717) is 12.1 Å². The molecule has 0 fully saturated rings. The van der Waals surface area contributed by atoms with Gasteiger partial charge in [0.15, 0.2) is 0 Å². The molecule has 0 spiro atoms. The van der Waals surface area contributed by atoms with Crippen LogP contribution in [0.15, 0.2) is 23.6 Å². The zero-order chi connectivity index (χ0) is 11.4. The Labute approximate surface area is 93.6 Å². The maximum Gasteiger partial charge on any atom is 0.116 e. The summed E-state index contributed by atoms with van der Waals surface area (Å²) < 4.78 is 5.29. The van der Waals surface area contributed by atoms with Crippen molar-refractivity contribution in [2.24, 2.45) is 0 Å². The zero-order valence-corrected chi connectivity index (χ0v) is 10.6. The Kier molecular flexibility index (Phi) is 4.25. The summed E-state index contributed by atoms with van der Waals surface area (Å²) in [7, 11) is 1.74. The largest absolute Gasteiger partial charge is 0.497 e. The van der Waals surface area contributed by atoms with Crippen molar-refractivity contribution in [3.8, 4) is 0 Å². The van der Waals surface area contributed by atoms with Crippen LogP contribution < -0.4 is 0 Å². The van der Waals surface area contributed by atoms with E-state index in [9.17, 15) is 0 Å². The van der Waals surface area contributed by atoms with Crippen molar-refractivity contribution in [2.45, 2.75) is 52.6 Å². The van der Waals surface area contributed by atoms with E-state index in [4.69, 9.17) is 4.74 Å². The van der Waals surface area contributed by atoms with Crippen molar-refractivity contribution in [3.05, 3.63) is 23.6 Å². The molecule has 0 bridgehead atoms. The van der Waals surface area contributed by atoms with E-state index in [1.807, 2.05) is 0 Å². The second-order valence-corrected chi connectivity index (χ2v) is 4.58. The summed E-state index contributed by atoms with van der Waals surface area (Å²) in [6.07, 6.45) is 6.54. The highest BCUT2D eigenvalue weighted by molar-refractivity contribution is 5.23. The molecule has 0 heterocycles. The van der Waals surface area contributed by atoms with Crippen LogP contribution in [0.5, 0.6) is 0 Å². The van der Waals surface area contributed by atoms with Crippen molar-refractivity contribution < 1.29 is 4.74 Å². The lowest BCUT2D eigenvalue weighted by atomic mass is 10.1. The molecule has 0 saturated heterocycles. The molecule has 0 radical (unpaired) electrons. The first-order valence-corrected chi connectivity index (χ1v) is 5.79. The highest BCUT2D eigenvalue weighted by Crippen LogP contribution is 2.24. The van der Waals surface area contributed by atoms with E-state index >= 15 is 0 Å². The summed E-state index contributed by atoms with van der Waals surface area (Å²) >= 11 is 0. The number of rotatable bonds is 4. The van der Waals surface area contributed by atoms with Gasteiger partial charge in [0.05, 0.1) is 7.11 Å². The number of hydrogen-bond acceptors (Lipinski definition) is 2. The minimum atomic E-state index is 0.549. The molecule has 0 amide bonds. The predicted octanol–water partition coefficient (Wildman–Crippen LogP) is 3.31. The van der Waals surface area contributed by atoms with E-state index in [1.165, 1.54) is 5.70 Å². The molecule has 1 aliphatic rings. The topological polar surface area (TPSA) is 12.5 Å². The van der Waals surface area contributed by atoms with E-state index in [-0.39, 0.29) is 0 Å². The molecule has 0 aromatic carbocycles. The van der Waals surface area contributed by atoms with Gasteiger partial charge in [-0.2, -0.15) is 0 Å². The van der Waals surface area contributed by atoms with E-state index < -0.39 is 0 Å². The van der Waals surface area contributed by atoms with Crippen LogP contribution in [0.4, 0.5) is 0 Å². The third-order valence-corrected chi connectivity index (χ3v) is 2.73. The first-order chi connectivity index (χ1) is 7.06. The average Bonchev–Trinajstić information content (AvgIpc) is 2.17. The van der Waals surface area contributed by atoms with Crippen LogP contribution in [0.2, 0.25) is 0 Å². The van der Waals surface area contributed by atoms with Crippen LogP contribution in [-0.4, -0.2) is 24.1 Å². The van der Waals surface area contributed by atoms with E-state index in [1.54, 1.807) is 7.11 Å². The van der Waals surface area contributed by atoms with Crippen LogP contribution in [0, 0.1) is 0 Å². The summed E-state index contributed by atoms with van der Waals surface area (Å²) in [4.78, 5) is 2.46. The van der Waals surface area contributed by atoms with Gasteiger partial charge in [0.25, 0.3) is 0 Å². The minimum Gasteiger partial charge on any atom is -0.497 e. The predicted molar refractivity (Wildman–Crippen MR) is 64.5 cm³/mol. The second-order valence-electron chi connectivity index (χ2n) is 4.58. The Bertz CT molecular complexity index is 256. The highest BCUT2D eigenvalue weighted by atomic mass is 16.5. The summed E-state index contributed by atoms with van der Waals surface area (Å²) in [5.74, 6) is 1.00. The Morgan fingerprint density at radius 1 is 1.20 bits per heavy atom. The number of hydrogen-bond donors (Lipinski definition) is 0. The van der Waals surface area contributed by atoms with Gasteiger partial charge in [0.1, 0.15) is 5.76 Å². The Hall–Kier alpha value is -0.920. The Balaban J connectivity index is 2.85. The molecular weight excluding hydrogens is 186 g/mol. The van der Waals surface area contributed by atoms with Gasteiger partial charge in [-0.3, -0.25) is 0 Å². The van der Waals surface area contributed by atoms with Crippen molar-refractivity contribution in [2.75, 3.05) is 7.11 Å². The summed E-state index contributed by atoms with van der Waals surface area (Å²) in [6.45, 7) is 8.97. The van der Waals surface area contributed by atoms with Crippen molar-refractivity contribution >= 4 is 0 Å². The molecule has 86 valence electrons. The Morgan fingerprint density at radius 2 is 1.80 bits per heavy atom. The van der Waals surface area contributed by atoms with Crippen molar-refractivity contribution in [3.63, 3.8) is 0 Å². The van der Waals surface area contributed by atoms with Crippen LogP contribution in [0.1, 0.15) is 40.5 Å². The van der Waals surface area contributed by atoms with Gasteiger partial charge in [0.2, 0.25) is 0 Å². The smallest absolute Gasteiger partial charge is 0.116 e. The lowest BCUT2D eigenvalue weighted by molar-refractivity contribution is 0.217. The van der Waals surface area contributed by atoms with Gasteiger partial charge in [-0.05, 0) is 52.7 Å². The van der Waals surface area contributed by atoms with Crippen LogP contribution in [0.3, 0.4) is 0 Å². The lowest BCUT2D eigenvalue weighted by Gasteiger charge is -2.36. The van der Waals surface area contributed by atoms with Gasteiger partial charge >= 0.3 is 0 Å². The number of ether oxygens (including phenoxy) is 1. The standard InChI is InChI=1S/C13H23NO/c1-10(2)14(11(3)4)12-7-6-8-13(9-12)15-5/h8-11H,6-7H2,1-5H3. The molecular formula is C13H23NO. The van der Waals surface area contributed by atoms with Crippen molar-refractivity contribution in [1.29, 1.82) is 0 Å². The summed E-state index contributed by atoms with van der Waals surface area (Å²) in [5, 5.41) is 0. The number of nitrogens with zero attached hydrogens (tertiary/aromatic N) is 1. The molecule has 0 aromatic rings. The van der Waals surface area contributed by atoms with E-state index in [0.717, 1.165) is 18.6 Å². The van der Waals surface area contributed by atoms with Gasteiger partial charge in [-0.15, -0.1) is 0 Å². The third-order valence-electron chi connectivity index (χ3n) is 2.73. The highest BCUT2D eigenvalue weighted by Gasteiger charge is 2.18. The van der Waals surface area contributed by atoms with Crippen molar-refractivity contribution in [1.82, 2.24) is 4.90 Å². The van der Waals surface area contributed by atoms with Crippen LogP contribution in [0.25, 0.3) is 0 Å². The SMILES string of the molecule is COC1=CCCC(N(C(C)C)C(C)C)=C1. The molecule has 0 aromatic heterocycles. The molecule has 0 unspecified atom stereocenters. The molecule has 0 atom stereocenters. The van der Waals surface area contributed by atoms with Crippen LogP contribution >= 0.6 is 0 Å². The molecule has 2 nitrogen and oxygen atoms in total. The minimum absolute atomic E-state index is 0.549. The maximum absolute atomic E-state index is 5.29. The molecule has 0 saturated carbocycles. The normalized spacial score (nSPS) is 16.5. The zero-order valence-electron chi connectivity index (χ0n) is 10.6. The number of methoxy groups -OCH3 is 1. The molecule has 0 N–H and O–H groups in total. The molecule has 0 aliphatic heterocycles. The average molecular weight is 209 g/mol. The lowest BCUT2D eigenvalue weighted by Crippen LogP contribution is -2.36. The molecule has 1 rings (SSSR count). The first-order valence-electron chi connectivity index (χ1n) is 5.79. The number of allylic oxidation sites excluding steroid dienone is 3. The Morgan fingerprint density at radius 3 is 2.27 bits per heavy atom. The quantitative estimate of drug-likeness (QED) is 0.704. The van der Waals surface area contributed by atoms with Gasteiger partial charge in [0, 0.05) is 17.8 Å². The van der Waals surface area contributed by atoms with Crippen LogP contribution in [-0.2, 0) is 4.74 Å². The third kappa shape index (κ3) is 3.01. The second kappa shape index (κ2) is 5.24. The van der Waals surface area contributed by atoms with E-state index in [2.05, 4.69) is 44.7 Å². The molecule has 1 aliphatic carbocycles. The fourth-order valence-electron chi connectivity index (χ4n) is 2.26. The summed E-state index contributed by atoms with van der Waals surface area (Å²) in [5.41, 5.74) is 1.40. The fraction of sp³-hybridized carbons (Fsp3) is 0.692.